The number of pyridine rings is 1. The summed E-state index contributed by atoms with van der Waals surface area (Å²) in [6, 6.07) is 16.3. The Bertz CT molecular complexity index is 1150. The van der Waals surface area contributed by atoms with E-state index in [1.54, 1.807) is 11.0 Å². The van der Waals surface area contributed by atoms with Gasteiger partial charge in [-0.1, -0.05) is 30.3 Å². The molecule has 7 nitrogen and oxygen atoms in total. The Balaban J connectivity index is 1.50. The van der Waals surface area contributed by atoms with Crippen LogP contribution in [0.3, 0.4) is 0 Å². The molecule has 1 atom stereocenters. The molecule has 0 spiro atoms. The fourth-order valence-corrected chi connectivity index (χ4v) is 4.11. The van der Waals surface area contributed by atoms with Crippen molar-refractivity contribution < 1.29 is 19.1 Å². The number of nitrogens with one attached hydrogen (secondary N) is 1. The highest BCUT2D eigenvalue weighted by Gasteiger charge is 2.32. The van der Waals surface area contributed by atoms with E-state index in [-0.39, 0.29) is 25.2 Å². The van der Waals surface area contributed by atoms with Gasteiger partial charge in [-0.25, -0.2) is 4.98 Å². The third-order valence-electron chi connectivity index (χ3n) is 5.75. The maximum atomic E-state index is 13.6. The normalized spacial score (nSPS) is 17.8. The van der Waals surface area contributed by atoms with Crippen molar-refractivity contribution >= 4 is 22.7 Å². The van der Waals surface area contributed by atoms with Crippen LogP contribution >= 0.6 is 0 Å². The molecule has 1 N–H and O–H groups in total. The van der Waals surface area contributed by atoms with Crippen molar-refractivity contribution in [2.45, 2.75) is 31.8 Å². The molecule has 1 fully saturated rings. The zero-order valence-electron chi connectivity index (χ0n) is 17.0. The third kappa shape index (κ3) is 3.91. The van der Waals surface area contributed by atoms with Crippen molar-refractivity contribution in [3.63, 3.8) is 0 Å². The molecule has 0 bridgehead atoms. The molecule has 0 saturated carbocycles. The molecule has 0 unspecified atom stereocenters. The van der Waals surface area contributed by atoms with Gasteiger partial charge >= 0.3 is 0 Å². The van der Waals surface area contributed by atoms with Gasteiger partial charge in [-0.3, -0.25) is 9.59 Å². The molecule has 0 radical (unpaired) electrons. The van der Waals surface area contributed by atoms with E-state index in [9.17, 15) is 9.59 Å². The number of hydrogen-bond donors (Lipinski definition) is 1. The summed E-state index contributed by atoms with van der Waals surface area (Å²) in [5.41, 5.74) is 1.95. The van der Waals surface area contributed by atoms with Crippen molar-refractivity contribution in [3.05, 3.63) is 65.9 Å². The number of carbonyl (C=O) groups excluding carboxylic acids is 2. The number of benzene rings is 2. The summed E-state index contributed by atoms with van der Waals surface area (Å²) >= 11 is 0. The van der Waals surface area contributed by atoms with Gasteiger partial charge in [0.25, 0.3) is 5.91 Å². The minimum absolute atomic E-state index is 0.118. The molecular weight excluding hydrogens is 394 g/mol. The second-order valence-corrected chi connectivity index (χ2v) is 7.81. The van der Waals surface area contributed by atoms with Gasteiger partial charge in [-0.05, 0) is 49.1 Å². The summed E-state index contributed by atoms with van der Waals surface area (Å²) in [5, 5.41) is 3.91. The predicted molar refractivity (Wildman–Crippen MR) is 115 cm³/mol. The summed E-state index contributed by atoms with van der Waals surface area (Å²) in [5.74, 6) is 0.960. The largest absolute Gasteiger partial charge is 0.454 e. The molecule has 3 aromatic rings. The van der Waals surface area contributed by atoms with E-state index in [0.717, 1.165) is 29.3 Å². The smallest absolute Gasteiger partial charge is 0.273 e. The van der Waals surface area contributed by atoms with Gasteiger partial charge in [0.15, 0.2) is 11.5 Å². The number of fused-ring (bicyclic) bond motifs is 2. The SMILES string of the molecule is O=C1NCCCC[C@@H]1N(Cc1ccc2c(c1)OCO2)C(=O)c1ccc2ccccc2n1. The highest BCUT2D eigenvalue weighted by Crippen LogP contribution is 2.33. The highest BCUT2D eigenvalue weighted by atomic mass is 16.7. The molecule has 158 valence electrons. The van der Waals surface area contributed by atoms with Crippen LogP contribution in [0.15, 0.2) is 54.6 Å². The Kier molecular flexibility index (Phi) is 5.16. The first-order chi connectivity index (χ1) is 15.2. The first-order valence-corrected chi connectivity index (χ1v) is 10.5. The quantitative estimate of drug-likeness (QED) is 0.705. The van der Waals surface area contributed by atoms with Crippen LogP contribution in [-0.4, -0.2) is 41.1 Å². The second kappa shape index (κ2) is 8.26. The predicted octanol–water partition coefficient (Wildman–Crippen LogP) is 3.27. The minimum Gasteiger partial charge on any atom is -0.454 e. The van der Waals surface area contributed by atoms with Crippen molar-refractivity contribution in [2.24, 2.45) is 0 Å². The molecule has 2 aromatic carbocycles. The van der Waals surface area contributed by atoms with Crippen molar-refractivity contribution in [3.8, 4) is 11.5 Å². The van der Waals surface area contributed by atoms with Crippen LogP contribution in [0.2, 0.25) is 0 Å². The number of para-hydroxylation sites is 1. The number of amides is 2. The van der Waals surface area contributed by atoms with Crippen molar-refractivity contribution in [1.29, 1.82) is 0 Å². The molecule has 5 rings (SSSR count). The fraction of sp³-hybridized carbons (Fsp3) is 0.292. The van der Waals surface area contributed by atoms with Crippen LogP contribution in [0, 0.1) is 0 Å². The molecular formula is C24H23N3O4. The maximum absolute atomic E-state index is 13.6. The van der Waals surface area contributed by atoms with Crippen LogP contribution < -0.4 is 14.8 Å². The highest BCUT2D eigenvalue weighted by molar-refractivity contribution is 5.98. The summed E-state index contributed by atoms with van der Waals surface area (Å²) in [4.78, 5) is 32.6. The van der Waals surface area contributed by atoms with Gasteiger partial charge in [-0.15, -0.1) is 0 Å². The fourth-order valence-electron chi connectivity index (χ4n) is 4.11. The Morgan fingerprint density at radius 1 is 1.06 bits per heavy atom. The molecule has 2 aliphatic heterocycles. The van der Waals surface area contributed by atoms with E-state index in [1.165, 1.54) is 0 Å². The van der Waals surface area contributed by atoms with Gasteiger partial charge in [-0.2, -0.15) is 0 Å². The summed E-state index contributed by atoms with van der Waals surface area (Å²) < 4.78 is 10.9. The molecule has 2 aliphatic rings. The number of hydrogen-bond acceptors (Lipinski definition) is 5. The molecule has 31 heavy (non-hydrogen) atoms. The van der Waals surface area contributed by atoms with Gasteiger partial charge < -0.3 is 19.7 Å². The lowest BCUT2D eigenvalue weighted by atomic mass is 10.1. The monoisotopic (exact) mass is 417 g/mol. The molecule has 2 amide bonds. The van der Waals surface area contributed by atoms with E-state index >= 15 is 0 Å². The standard InChI is InChI=1S/C24H23N3O4/c28-23-20(7-3-4-12-25-23)27(14-16-8-11-21-22(13-16)31-15-30-21)24(29)19-10-9-17-5-1-2-6-18(17)26-19/h1-2,5-6,8-11,13,20H,3-4,7,12,14-15H2,(H,25,28)/t20-/m0/s1. The van der Waals surface area contributed by atoms with Crippen LogP contribution in [0.4, 0.5) is 0 Å². The van der Waals surface area contributed by atoms with Gasteiger partial charge in [0, 0.05) is 18.5 Å². The first-order valence-electron chi connectivity index (χ1n) is 10.5. The van der Waals surface area contributed by atoms with Gasteiger partial charge in [0.05, 0.1) is 5.52 Å². The summed E-state index contributed by atoms with van der Waals surface area (Å²) in [7, 11) is 0. The number of ether oxygens (including phenoxy) is 2. The zero-order valence-corrected chi connectivity index (χ0v) is 17.0. The summed E-state index contributed by atoms with van der Waals surface area (Å²) in [6.07, 6.45) is 2.40. The van der Waals surface area contributed by atoms with E-state index in [0.29, 0.717) is 30.2 Å². The number of nitrogens with zero attached hydrogens (tertiary/aromatic N) is 2. The zero-order chi connectivity index (χ0) is 21.2. The molecule has 7 heteroatoms. The lowest BCUT2D eigenvalue weighted by Crippen LogP contribution is -2.48. The minimum atomic E-state index is -0.548. The average molecular weight is 417 g/mol. The van der Waals surface area contributed by atoms with E-state index in [4.69, 9.17) is 9.47 Å². The Morgan fingerprint density at radius 2 is 1.94 bits per heavy atom. The average Bonchev–Trinajstić information content (AvgIpc) is 3.17. The Morgan fingerprint density at radius 3 is 2.87 bits per heavy atom. The Hall–Kier alpha value is -3.61. The van der Waals surface area contributed by atoms with Crippen LogP contribution in [0.1, 0.15) is 35.3 Å². The van der Waals surface area contributed by atoms with E-state index in [1.807, 2.05) is 48.5 Å². The van der Waals surface area contributed by atoms with Crippen LogP contribution in [-0.2, 0) is 11.3 Å². The van der Waals surface area contributed by atoms with Crippen molar-refractivity contribution in [1.82, 2.24) is 15.2 Å². The maximum Gasteiger partial charge on any atom is 0.273 e. The molecule has 1 aromatic heterocycles. The number of aromatic nitrogens is 1. The summed E-state index contributed by atoms with van der Waals surface area (Å²) in [6.45, 7) is 1.10. The lowest BCUT2D eigenvalue weighted by Gasteiger charge is -2.30. The van der Waals surface area contributed by atoms with E-state index in [2.05, 4.69) is 10.3 Å². The third-order valence-corrected chi connectivity index (χ3v) is 5.75. The molecule has 0 aliphatic carbocycles. The lowest BCUT2D eigenvalue weighted by molar-refractivity contribution is -0.125. The van der Waals surface area contributed by atoms with Crippen molar-refractivity contribution in [2.75, 3.05) is 13.3 Å². The van der Waals surface area contributed by atoms with Crippen LogP contribution in [0.5, 0.6) is 11.5 Å². The topological polar surface area (TPSA) is 80.8 Å². The van der Waals surface area contributed by atoms with Gasteiger partial charge in [0.1, 0.15) is 11.7 Å². The number of rotatable bonds is 4. The molecule has 1 saturated heterocycles. The first kappa shape index (κ1) is 19.4. The Labute approximate surface area is 180 Å². The van der Waals surface area contributed by atoms with Gasteiger partial charge in [0.2, 0.25) is 12.7 Å². The van der Waals surface area contributed by atoms with Crippen LogP contribution in [0.25, 0.3) is 10.9 Å². The molecule has 3 heterocycles. The number of carbonyl (C=O) groups is 2. The second-order valence-electron chi connectivity index (χ2n) is 7.81. The van der Waals surface area contributed by atoms with E-state index < -0.39 is 6.04 Å².